The third-order valence-electron chi connectivity index (χ3n) is 2.59. The average molecular weight is 284 g/mol. The van der Waals surface area contributed by atoms with E-state index in [1.54, 1.807) is 25.1 Å². The zero-order valence-corrected chi connectivity index (χ0v) is 11.5. The van der Waals surface area contributed by atoms with E-state index < -0.39 is 0 Å². The lowest BCUT2D eigenvalue weighted by atomic mass is 10.1. The molecule has 0 aliphatic carbocycles. The summed E-state index contributed by atoms with van der Waals surface area (Å²) in [6.07, 6.45) is 0. The minimum Gasteiger partial charge on any atom is -0.497 e. The van der Waals surface area contributed by atoms with Crippen LogP contribution in [0.25, 0.3) is 17.0 Å². The highest BCUT2D eigenvalue weighted by molar-refractivity contribution is 6.39. The Bertz CT molecular complexity index is 585. The Morgan fingerprint density at radius 2 is 1.94 bits per heavy atom. The third-order valence-corrected chi connectivity index (χ3v) is 3.22. The van der Waals surface area contributed by atoms with Gasteiger partial charge in [0.1, 0.15) is 17.2 Å². The van der Waals surface area contributed by atoms with Crippen LogP contribution < -0.4 is 0 Å². The van der Waals surface area contributed by atoms with Gasteiger partial charge in [0, 0.05) is 5.56 Å². The van der Waals surface area contributed by atoms with Crippen molar-refractivity contribution in [1.29, 1.82) is 0 Å². The Hall–Kier alpha value is -1.45. The maximum atomic E-state index is 6.16. The molecule has 2 aromatic rings. The molecule has 0 radical (unpaired) electrons. The van der Waals surface area contributed by atoms with Gasteiger partial charge in [-0.25, -0.2) is 0 Å². The highest BCUT2D eigenvalue weighted by Gasteiger charge is 2.21. The molecule has 0 fully saturated rings. The molecule has 0 aliphatic heterocycles. The summed E-state index contributed by atoms with van der Waals surface area (Å²) >= 11 is 12.3. The number of methoxy groups -OCH3 is 1. The minimum atomic E-state index is 0.458. The number of aromatic nitrogens is 1. The van der Waals surface area contributed by atoms with Gasteiger partial charge >= 0.3 is 0 Å². The summed E-state index contributed by atoms with van der Waals surface area (Å²) in [5.41, 5.74) is 1.83. The zero-order chi connectivity index (χ0) is 13.3. The number of benzene rings is 1. The summed E-state index contributed by atoms with van der Waals surface area (Å²) in [7, 11) is 1.53. The molecule has 0 atom stereocenters. The average Bonchev–Trinajstić information content (AvgIpc) is 2.70. The van der Waals surface area contributed by atoms with Gasteiger partial charge in [0.2, 0.25) is 0 Å². The molecular weight excluding hydrogens is 273 g/mol. The molecule has 0 saturated carbocycles. The number of ether oxygens (including phenoxy) is 1. The molecule has 0 saturated heterocycles. The van der Waals surface area contributed by atoms with E-state index >= 15 is 0 Å². The van der Waals surface area contributed by atoms with Crippen LogP contribution in [0, 0.1) is 6.92 Å². The first-order chi connectivity index (χ1) is 8.56. The fourth-order valence-corrected chi connectivity index (χ4v) is 2.27. The van der Waals surface area contributed by atoms with Crippen LogP contribution in [0.2, 0.25) is 10.0 Å². The highest BCUT2D eigenvalue weighted by Crippen LogP contribution is 2.38. The number of nitrogens with zero attached hydrogens (tertiary/aromatic N) is 1. The Labute approximate surface area is 115 Å². The topological polar surface area (TPSA) is 35.3 Å². The molecule has 94 valence electrons. The molecule has 1 heterocycles. The molecule has 18 heavy (non-hydrogen) atoms. The van der Waals surface area contributed by atoms with Crippen molar-refractivity contribution in [3.05, 3.63) is 46.1 Å². The van der Waals surface area contributed by atoms with E-state index in [0.29, 0.717) is 38.4 Å². The molecule has 0 aliphatic rings. The number of hydrogen-bond donors (Lipinski definition) is 0. The van der Waals surface area contributed by atoms with Crippen LogP contribution in [-0.4, -0.2) is 12.3 Å². The molecule has 2 rings (SSSR count). The summed E-state index contributed by atoms with van der Waals surface area (Å²) in [6, 6.07) is 5.25. The van der Waals surface area contributed by atoms with Crippen LogP contribution >= 0.6 is 23.2 Å². The van der Waals surface area contributed by atoms with Gasteiger partial charge in [0.05, 0.1) is 22.7 Å². The van der Waals surface area contributed by atoms with Gasteiger partial charge in [-0.2, -0.15) is 0 Å². The number of rotatable bonds is 3. The van der Waals surface area contributed by atoms with E-state index in [0.717, 1.165) is 0 Å². The van der Waals surface area contributed by atoms with Crippen LogP contribution in [-0.2, 0) is 4.74 Å². The number of hydrogen-bond acceptors (Lipinski definition) is 3. The fraction of sp³-hybridized carbons (Fsp3) is 0.154. The molecule has 1 aromatic heterocycles. The van der Waals surface area contributed by atoms with Crippen molar-refractivity contribution in [2.45, 2.75) is 6.92 Å². The number of aryl methyl sites for hydroxylation is 1. The summed E-state index contributed by atoms with van der Waals surface area (Å²) in [4.78, 5) is 0. The molecule has 0 spiro atoms. The molecule has 1 aromatic carbocycles. The van der Waals surface area contributed by atoms with Crippen LogP contribution in [0.15, 0.2) is 29.3 Å². The Morgan fingerprint density at radius 1 is 1.33 bits per heavy atom. The molecule has 0 N–H and O–H groups in total. The third kappa shape index (κ3) is 2.11. The van der Waals surface area contributed by atoms with Gasteiger partial charge in [0.15, 0.2) is 0 Å². The van der Waals surface area contributed by atoms with Gasteiger partial charge in [-0.3, -0.25) is 0 Å². The lowest BCUT2D eigenvalue weighted by molar-refractivity contribution is 0.367. The fourth-order valence-electron chi connectivity index (χ4n) is 1.70. The van der Waals surface area contributed by atoms with Gasteiger partial charge in [-0.05, 0) is 19.1 Å². The molecule has 0 bridgehead atoms. The first-order valence-electron chi connectivity index (χ1n) is 5.20. The summed E-state index contributed by atoms with van der Waals surface area (Å²) in [6.45, 7) is 5.59. The minimum absolute atomic E-state index is 0.458. The van der Waals surface area contributed by atoms with E-state index in [1.165, 1.54) is 7.11 Å². The summed E-state index contributed by atoms with van der Waals surface area (Å²) in [5, 5.41) is 4.99. The lowest BCUT2D eigenvalue weighted by Gasteiger charge is -2.07. The molecular formula is C13H11Cl2NO2. The van der Waals surface area contributed by atoms with Crippen LogP contribution in [0.5, 0.6) is 0 Å². The second-order valence-electron chi connectivity index (χ2n) is 3.69. The van der Waals surface area contributed by atoms with Crippen molar-refractivity contribution in [2.24, 2.45) is 0 Å². The number of halogens is 2. The van der Waals surface area contributed by atoms with Crippen LogP contribution in [0.4, 0.5) is 0 Å². The van der Waals surface area contributed by atoms with Gasteiger partial charge in [-0.1, -0.05) is 41.0 Å². The SMILES string of the molecule is C=C(OC)c1c(-c2c(Cl)cccc2Cl)noc1C. The van der Waals surface area contributed by atoms with Crippen molar-refractivity contribution in [3.8, 4) is 11.3 Å². The van der Waals surface area contributed by atoms with E-state index in [2.05, 4.69) is 11.7 Å². The van der Waals surface area contributed by atoms with E-state index in [-0.39, 0.29) is 0 Å². The maximum Gasteiger partial charge on any atom is 0.145 e. The van der Waals surface area contributed by atoms with Crippen molar-refractivity contribution in [2.75, 3.05) is 7.11 Å². The monoisotopic (exact) mass is 283 g/mol. The smallest absolute Gasteiger partial charge is 0.145 e. The predicted molar refractivity (Wildman–Crippen MR) is 72.7 cm³/mol. The Balaban J connectivity index is 2.69. The molecule has 3 nitrogen and oxygen atoms in total. The molecule has 0 unspecified atom stereocenters. The Kier molecular flexibility index (Phi) is 3.64. The highest BCUT2D eigenvalue weighted by atomic mass is 35.5. The van der Waals surface area contributed by atoms with Gasteiger partial charge in [-0.15, -0.1) is 0 Å². The first kappa shape index (κ1) is 13.0. The Morgan fingerprint density at radius 3 is 2.50 bits per heavy atom. The lowest BCUT2D eigenvalue weighted by Crippen LogP contribution is -1.91. The van der Waals surface area contributed by atoms with E-state index in [4.69, 9.17) is 32.5 Å². The molecule has 5 heteroatoms. The second kappa shape index (κ2) is 5.04. The van der Waals surface area contributed by atoms with Crippen molar-refractivity contribution >= 4 is 29.0 Å². The largest absolute Gasteiger partial charge is 0.497 e. The summed E-state index contributed by atoms with van der Waals surface area (Å²) in [5.74, 6) is 1.06. The predicted octanol–water partition coefficient (Wildman–Crippen LogP) is 4.57. The van der Waals surface area contributed by atoms with E-state index in [9.17, 15) is 0 Å². The quantitative estimate of drug-likeness (QED) is 0.774. The normalized spacial score (nSPS) is 10.4. The van der Waals surface area contributed by atoms with E-state index in [1.807, 2.05) is 0 Å². The van der Waals surface area contributed by atoms with Crippen molar-refractivity contribution in [1.82, 2.24) is 5.16 Å². The van der Waals surface area contributed by atoms with Crippen LogP contribution in [0.3, 0.4) is 0 Å². The maximum absolute atomic E-state index is 6.16. The molecule has 0 amide bonds. The van der Waals surface area contributed by atoms with Gasteiger partial charge < -0.3 is 9.26 Å². The van der Waals surface area contributed by atoms with Crippen molar-refractivity contribution < 1.29 is 9.26 Å². The standard InChI is InChI=1S/C13H11Cl2NO2/c1-7(17-3)11-8(2)18-16-13(11)12-9(14)5-4-6-10(12)15/h4-6H,1H2,2-3H3. The van der Waals surface area contributed by atoms with Crippen molar-refractivity contribution in [3.63, 3.8) is 0 Å². The van der Waals surface area contributed by atoms with Gasteiger partial charge in [0.25, 0.3) is 0 Å². The first-order valence-corrected chi connectivity index (χ1v) is 5.95. The second-order valence-corrected chi connectivity index (χ2v) is 4.50. The zero-order valence-electron chi connectivity index (χ0n) is 9.96. The summed E-state index contributed by atoms with van der Waals surface area (Å²) < 4.78 is 10.3. The van der Waals surface area contributed by atoms with Crippen LogP contribution in [0.1, 0.15) is 11.3 Å².